The SMILES string of the molecule is CCCCCCC(C)OCc1ccnc(C(N)=NO)c1. The van der Waals surface area contributed by atoms with Crippen molar-refractivity contribution >= 4 is 5.84 Å². The summed E-state index contributed by atoms with van der Waals surface area (Å²) in [6, 6.07) is 3.65. The van der Waals surface area contributed by atoms with Gasteiger partial charge in [0.1, 0.15) is 5.69 Å². The third kappa shape index (κ3) is 6.02. The summed E-state index contributed by atoms with van der Waals surface area (Å²) in [4.78, 5) is 4.04. The quantitative estimate of drug-likeness (QED) is 0.239. The fourth-order valence-corrected chi connectivity index (χ4v) is 1.94. The van der Waals surface area contributed by atoms with Crippen molar-refractivity contribution in [3.63, 3.8) is 0 Å². The van der Waals surface area contributed by atoms with Crippen molar-refractivity contribution in [2.75, 3.05) is 0 Å². The predicted octanol–water partition coefficient (Wildman–Crippen LogP) is 3.05. The topological polar surface area (TPSA) is 80.7 Å². The molecule has 0 aromatic carbocycles. The second-order valence-corrected chi connectivity index (χ2v) is 5.01. The third-order valence-electron chi connectivity index (χ3n) is 3.19. The Labute approximate surface area is 120 Å². The molecule has 3 N–H and O–H groups in total. The number of hydrogen-bond donors (Lipinski definition) is 2. The molecule has 112 valence electrons. The summed E-state index contributed by atoms with van der Waals surface area (Å²) in [6.45, 7) is 4.82. The number of hydrogen-bond acceptors (Lipinski definition) is 4. The molecule has 0 aliphatic rings. The Morgan fingerprint density at radius 2 is 2.25 bits per heavy atom. The number of nitrogens with zero attached hydrogens (tertiary/aromatic N) is 2. The minimum atomic E-state index is 0.0134. The molecular weight excluding hydrogens is 254 g/mol. The van der Waals surface area contributed by atoms with Crippen LogP contribution in [-0.4, -0.2) is 22.1 Å². The van der Waals surface area contributed by atoms with Crippen LogP contribution in [0.25, 0.3) is 0 Å². The van der Waals surface area contributed by atoms with E-state index in [0.29, 0.717) is 12.3 Å². The molecule has 1 atom stereocenters. The Morgan fingerprint density at radius 1 is 1.45 bits per heavy atom. The highest BCUT2D eigenvalue weighted by Crippen LogP contribution is 2.11. The molecule has 1 rings (SSSR count). The number of pyridine rings is 1. The number of unbranched alkanes of at least 4 members (excludes halogenated alkanes) is 3. The molecule has 1 aromatic rings. The monoisotopic (exact) mass is 279 g/mol. The van der Waals surface area contributed by atoms with Gasteiger partial charge in [0.25, 0.3) is 0 Å². The zero-order valence-electron chi connectivity index (χ0n) is 12.4. The van der Waals surface area contributed by atoms with Gasteiger partial charge in [-0.05, 0) is 31.0 Å². The van der Waals surface area contributed by atoms with Gasteiger partial charge < -0.3 is 15.7 Å². The molecule has 0 saturated heterocycles. The smallest absolute Gasteiger partial charge is 0.188 e. The van der Waals surface area contributed by atoms with E-state index >= 15 is 0 Å². The maximum atomic E-state index is 8.63. The van der Waals surface area contributed by atoms with E-state index in [1.54, 1.807) is 12.3 Å². The van der Waals surface area contributed by atoms with Crippen molar-refractivity contribution in [1.29, 1.82) is 0 Å². The van der Waals surface area contributed by atoms with Gasteiger partial charge in [0.15, 0.2) is 5.84 Å². The molecule has 1 heterocycles. The first kappa shape index (κ1) is 16.4. The molecule has 0 spiro atoms. The van der Waals surface area contributed by atoms with Crippen molar-refractivity contribution in [3.8, 4) is 0 Å². The Bertz CT molecular complexity index is 421. The maximum Gasteiger partial charge on any atom is 0.188 e. The Kier molecular flexibility index (Phi) is 7.65. The Balaban J connectivity index is 2.37. The van der Waals surface area contributed by atoms with Crippen molar-refractivity contribution in [2.24, 2.45) is 10.9 Å². The van der Waals surface area contributed by atoms with E-state index in [2.05, 4.69) is 24.0 Å². The van der Waals surface area contributed by atoms with Gasteiger partial charge in [-0.3, -0.25) is 4.98 Å². The van der Waals surface area contributed by atoms with Gasteiger partial charge >= 0.3 is 0 Å². The fraction of sp³-hybridized carbons (Fsp3) is 0.600. The van der Waals surface area contributed by atoms with Gasteiger partial charge in [-0.25, -0.2) is 0 Å². The summed E-state index contributed by atoms with van der Waals surface area (Å²) in [5.41, 5.74) is 6.95. The minimum absolute atomic E-state index is 0.0134. The third-order valence-corrected chi connectivity index (χ3v) is 3.19. The van der Waals surface area contributed by atoms with E-state index in [-0.39, 0.29) is 11.9 Å². The summed E-state index contributed by atoms with van der Waals surface area (Å²) >= 11 is 0. The Morgan fingerprint density at radius 3 is 2.95 bits per heavy atom. The first-order chi connectivity index (χ1) is 9.67. The molecule has 0 bridgehead atoms. The van der Waals surface area contributed by atoms with Crippen LogP contribution in [0.1, 0.15) is 57.2 Å². The van der Waals surface area contributed by atoms with Crippen molar-refractivity contribution in [3.05, 3.63) is 29.6 Å². The summed E-state index contributed by atoms with van der Waals surface area (Å²) in [7, 11) is 0. The number of oxime groups is 1. The van der Waals surface area contributed by atoms with Gasteiger partial charge in [0, 0.05) is 6.20 Å². The summed E-state index contributed by atoms with van der Waals surface area (Å²) in [6.07, 6.45) is 7.99. The van der Waals surface area contributed by atoms with Gasteiger partial charge in [-0.1, -0.05) is 37.8 Å². The highest BCUT2D eigenvalue weighted by molar-refractivity contribution is 5.95. The molecule has 1 unspecified atom stereocenters. The molecular formula is C15H25N3O2. The summed E-state index contributed by atoms with van der Waals surface area (Å²) < 4.78 is 5.81. The number of rotatable bonds is 9. The van der Waals surface area contributed by atoms with Crippen LogP contribution >= 0.6 is 0 Å². The predicted molar refractivity (Wildman–Crippen MR) is 79.8 cm³/mol. The fourth-order valence-electron chi connectivity index (χ4n) is 1.94. The van der Waals surface area contributed by atoms with Crippen molar-refractivity contribution < 1.29 is 9.94 Å². The van der Waals surface area contributed by atoms with E-state index in [0.717, 1.165) is 12.0 Å². The second-order valence-electron chi connectivity index (χ2n) is 5.01. The molecule has 0 aliphatic carbocycles. The van der Waals surface area contributed by atoms with Crippen LogP contribution in [0.5, 0.6) is 0 Å². The van der Waals surface area contributed by atoms with Crippen molar-refractivity contribution in [2.45, 2.75) is 58.7 Å². The van der Waals surface area contributed by atoms with E-state index in [4.69, 9.17) is 15.7 Å². The molecule has 0 aliphatic heterocycles. The zero-order chi connectivity index (χ0) is 14.8. The average molecular weight is 279 g/mol. The first-order valence-corrected chi connectivity index (χ1v) is 7.21. The standard InChI is InChI=1S/C15H25N3O2/c1-3-4-5-6-7-12(2)20-11-13-8-9-17-14(10-13)15(16)18-19/h8-10,12,19H,3-7,11H2,1-2H3,(H2,16,18). The molecule has 0 saturated carbocycles. The number of amidine groups is 1. The zero-order valence-corrected chi connectivity index (χ0v) is 12.4. The largest absolute Gasteiger partial charge is 0.409 e. The first-order valence-electron chi connectivity index (χ1n) is 7.21. The molecule has 1 aromatic heterocycles. The molecule has 20 heavy (non-hydrogen) atoms. The lowest BCUT2D eigenvalue weighted by Gasteiger charge is -2.13. The van der Waals surface area contributed by atoms with Crippen LogP contribution in [-0.2, 0) is 11.3 Å². The van der Waals surface area contributed by atoms with Crippen molar-refractivity contribution in [1.82, 2.24) is 4.98 Å². The lowest BCUT2D eigenvalue weighted by molar-refractivity contribution is 0.0458. The number of aromatic nitrogens is 1. The molecule has 5 nitrogen and oxygen atoms in total. The lowest BCUT2D eigenvalue weighted by atomic mass is 10.1. The van der Waals surface area contributed by atoms with Crippen LogP contribution in [0.4, 0.5) is 0 Å². The maximum absolute atomic E-state index is 8.63. The molecule has 0 fully saturated rings. The van der Waals surface area contributed by atoms with E-state index in [1.807, 2.05) is 6.07 Å². The average Bonchev–Trinajstić information content (AvgIpc) is 2.49. The lowest BCUT2D eigenvalue weighted by Crippen LogP contribution is -2.15. The molecule has 5 heteroatoms. The molecule has 0 radical (unpaired) electrons. The van der Waals surface area contributed by atoms with E-state index in [9.17, 15) is 0 Å². The van der Waals surface area contributed by atoms with Gasteiger partial charge in [0.2, 0.25) is 0 Å². The number of ether oxygens (including phenoxy) is 1. The highest BCUT2D eigenvalue weighted by atomic mass is 16.5. The van der Waals surface area contributed by atoms with Crippen LogP contribution in [0.3, 0.4) is 0 Å². The van der Waals surface area contributed by atoms with Gasteiger partial charge in [-0.15, -0.1) is 0 Å². The summed E-state index contributed by atoms with van der Waals surface area (Å²) in [5, 5.41) is 11.6. The van der Waals surface area contributed by atoms with E-state index in [1.165, 1.54) is 25.7 Å². The minimum Gasteiger partial charge on any atom is -0.409 e. The summed E-state index contributed by atoms with van der Waals surface area (Å²) in [5.74, 6) is 0.0134. The second kappa shape index (κ2) is 9.31. The number of nitrogens with two attached hydrogens (primary N) is 1. The van der Waals surface area contributed by atoms with Gasteiger partial charge in [-0.2, -0.15) is 0 Å². The van der Waals surface area contributed by atoms with E-state index < -0.39 is 0 Å². The van der Waals surface area contributed by atoms with Crippen LogP contribution in [0.2, 0.25) is 0 Å². The highest BCUT2D eigenvalue weighted by Gasteiger charge is 2.05. The normalized spacial score (nSPS) is 13.4. The van der Waals surface area contributed by atoms with Crippen LogP contribution < -0.4 is 5.73 Å². The Hall–Kier alpha value is -1.62. The molecule has 0 amide bonds. The van der Waals surface area contributed by atoms with Crippen LogP contribution in [0.15, 0.2) is 23.5 Å². The van der Waals surface area contributed by atoms with Crippen LogP contribution in [0, 0.1) is 0 Å². The van der Waals surface area contributed by atoms with Gasteiger partial charge in [0.05, 0.1) is 12.7 Å².